The third-order valence-electron chi connectivity index (χ3n) is 5.07. The van der Waals surface area contributed by atoms with Crippen LogP contribution in [0, 0.1) is 0 Å². The summed E-state index contributed by atoms with van der Waals surface area (Å²) < 4.78 is 5.54. The zero-order chi connectivity index (χ0) is 16.8. The molecule has 1 saturated heterocycles. The Morgan fingerprint density at radius 1 is 1.17 bits per heavy atom. The van der Waals surface area contributed by atoms with Crippen molar-refractivity contribution < 1.29 is 9.53 Å². The van der Waals surface area contributed by atoms with Crippen LogP contribution < -0.4 is 10.2 Å². The van der Waals surface area contributed by atoms with Gasteiger partial charge in [-0.05, 0) is 31.4 Å². The number of pyridine rings is 1. The third kappa shape index (κ3) is 4.17. The van der Waals surface area contributed by atoms with Crippen LogP contribution in [-0.4, -0.2) is 61.3 Å². The minimum absolute atomic E-state index is 0.0480. The van der Waals surface area contributed by atoms with Gasteiger partial charge in [-0.2, -0.15) is 0 Å². The van der Waals surface area contributed by atoms with Gasteiger partial charge in [-0.25, -0.2) is 9.78 Å². The molecule has 6 heteroatoms. The quantitative estimate of drug-likeness (QED) is 0.922. The Kier molecular flexibility index (Phi) is 5.91. The molecule has 0 spiro atoms. The summed E-state index contributed by atoms with van der Waals surface area (Å²) in [6.07, 6.45) is 7.33. The lowest BCUT2D eigenvalue weighted by Gasteiger charge is -2.33. The summed E-state index contributed by atoms with van der Waals surface area (Å²) in [6, 6.07) is 6.16. The van der Waals surface area contributed by atoms with Crippen LogP contribution in [0.15, 0.2) is 24.4 Å². The maximum Gasteiger partial charge on any atom is 0.317 e. The lowest BCUT2D eigenvalue weighted by atomic mass is 9.92. The van der Waals surface area contributed by atoms with E-state index in [1.807, 2.05) is 29.3 Å². The lowest BCUT2D eigenvalue weighted by molar-refractivity contribution is 0.0432. The molecule has 0 aromatic carbocycles. The molecule has 2 amide bonds. The van der Waals surface area contributed by atoms with Gasteiger partial charge in [0, 0.05) is 39.5 Å². The van der Waals surface area contributed by atoms with Crippen molar-refractivity contribution in [2.24, 2.45) is 0 Å². The van der Waals surface area contributed by atoms with Crippen LogP contribution in [0.3, 0.4) is 0 Å². The number of methoxy groups -OCH3 is 1. The average Bonchev–Trinajstić information content (AvgIpc) is 2.89. The first-order valence-electron chi connectivity index (χ1n) is 9.02. The second kappa shape index (κ2) is 8.33. The monoisotopic (exact) mass is 332 g/mol. The van der Waals surface area contributed by atoms with E-state index in [0.717, 1.165) is 57.7 Å². The first-order chi connectivity index (χ1) is 11.8. The topological polar surface area (TPSA) is 57.7 Å². The molecule has 0 bridgehead atoms. The standard InChI is InChI=1S/C18H28N4O2/c1-24-16-8-3-2-7-15(16)20-18(23)22-12-6-11-21(13-14-22)17-9-4-5-10-19-17/h4-5,9-10,15-16H,2-3,6-8,11-14H2,1H3,(H,20,23). The Morgan fingerprint density at radius 3 is 2.83 bits per heavy atom. The maximum absolute atomic E-state index is 12.6. The molecule has 1 aliphatic carbocycles. The largest absolute Gasteiger partial charge is 0.379 e. The van der Waals surface area contributed by atoms with Crippen LogP contribution in [0.2, 0.25) is 0 Å². The smallest absolute Gasteiger partial charge is 0.317 e. The Morgan fingerprint density at radius 2 is 2.04 bits per heavy atom. The Labute approximate surface area is 144 Å². The highest BCUT2D eigenvalue weighted by Gasteiger charge is 2.28. The predicted octanol–water partition coefficient (Wildman–Crippen LogP) is 2.26. The highest BCUT2D eigenvalue weighted by atomic mass is 16.5. The molecule has 2 heterocycles. The van der Waals surface area contributed by atoms with E-state index >= 15 is 0 Å². The number of anilines is 1. The van der Waals surface area contributed by atoms with Gasteiger partial charge in [-0.1, -0.05) is 18.9 Å². The average molecular weight is 332 g/mol. The molecule has 2 fully saturated rings. The molecule has 2 aliphatic rings. The molecule has 1 aromatic heterocycles. The van der Waals surface area contributed by atoms with Crippen molar-refractivity contribution >= 4 is 11.8 Å². The summed E-state index contributed by atoms with van der Waals surface area (Å²) in [4.78, 5) is 21.3. The third-order valence-corrected chi connectivity index (χ3v) is 5.07. The minimum atomic E-state index is 0.0480. The number of aromatic nitrogens is 1. The van der Waals surface area contributed by atoms with Gasteiger partial charge in [0.15, 0.2) is 0 Å². The maximum atomic E-state index is 12.6. The zero-order valence-electron chi connectivity index (χ0n) is 14.5. The first kappa shape index (κ1) is 17.0. The number of amides is 2. The molecule has 2 atom stereocenters. The van der Waals surface area contributed by atoms with E-state index in [2.05, 4.69) is 15.2 Å². The van der Waals surface area contributed by atoms with Gasteiger partial charge in [0.05, 0.1) is 12.1 Å². The van der Waals surface area contributed by atoms with E-state index in [1.165, 1.54) is 6.42 Å². The number of rotatable bonds is 3. The minimum Gasteiger partial charge on any atom is -0.379 e. The number of ether oxygens (including phenoxy) is 1. The van der Waals surface area contributed by atoms with Crippen LogP contribution >= 0.6 is 0 Å². The van der Waals surface area contributed by atoms with Crippen molar-refractivity contribution in [3.63, 3.8) is 0 Å². The van der Waals surface area contributed by atoms with Crippen molar-refractivity contribution in [2.75, 3.05) is 38.2 Å². The van der Waals surface area contributed by atoms with Crippen molar-refractivity contribution in [1.82, 2.24) is 15.2 Å². The van der Waals surface area contributed by atoms with Crippen molar-refractivity contribution in [2.45, 2.75) is 44.2 Å². The molecule has 132 valence electrons. The van der Waals surface area contributed by atoms with E-state index < -0.39 is 0 Å². The summed E-state index contributed by atoms with van der Waals surface area (Å²) in [5.41, 5.74) is 0. The number of nitrogens with one attached hydrogen (secondary N) is 1. The summed E-state index contributed by atoms with van der Waals surface area (Å²) in [7, 11) is 1.74. The molecule has 1 saturated carbocycles. The van der Waals surface area contributed by atoms with Crippen LogP contribution in [0.4, 0.5) is 10.6 Å². The number of carbonyl (C=O) groups excluding carboxylic acids is 1. The van der Waals surface area contributed by atoms with E-state index in [9.17, 15) is 4.79 Å². The Bertz CT molecular complexity index is 525. The SMILES string of the molecule is COC1CCCCC1NC(=O)N1CCCN(c2ccccn2)CC1. The summed E-state index contributed by atoms with van der Waals surface area (Å²) in [6.45, 7) is 3.28. The molecular formula is C18H28N4O2. The number of carbonyl (C=O) groups is 1. The van der Waals surface area contributed by atoms with E-state index in [1.54, 1.807) is 7.11 Å². The van der Waals surface area contributed by atoms with Gasteiger partial charge in [0.2, 0.25) is 0 Å². The fraction of sp³-hybridized carbons (Fsp3) is 0.667. The molecule has 1 aliphatic heterocycles. The Balaban J connectivity index is 1.54. The molecular weight excluding hydrogens is 304 g/mol. The molecule has 0 radical (unpaired) electrons. The fourth-order valence-electron chi connectivity index (χ4n) is 3.68. The highest BCUT2D eigenvalue weighted by Crippen LogP contribution is 2.21. The second-order valence-corrected chi connectivity index (χ2v) is 6.63. The molecule has 24 heavy (non-hydrogen) atoms. The van der Waals surface area contributed by atoms with E-state index in [0.29, 0.717) is 0 Å². The molecule has 1 aromatic rings. The van der Waals surface area contributed by atoms with Gasteiger partial charge in [0.1, 0.15) is 5.82 Å². The fourth-order valence-corrected chi connectivity index (χ4v) is 3.68. The highest BCUT2D eigenvalue weighted by molar-refractivity contribution is 5.74. The molecule has 6 nitrogen and oxygen atoms in total. The normalized spacial score (nSPS) is 25.2. The van der Waals surface area contributed by atoms with Crippen LogP contribution in [-0.2, 0) is 4.74 Å². The van der Waals surface area contributed by atoms with Gasteiger partial charge in [-0.15, -0.1) is 0 Å². The van der Waals surface area contributed by atoms with Gasteiger partial charge in [0.25, 0.3) is 0 Å². The predicted molar refractivity (Wildman–Crippen MR) is 94.2 cm³/mol. The molecule has 1 N–H and O–H groups in total. The number of hydrogen-bond donors (Lipinski definition) is 1. The van der Waals surface area contributed by atoms with Gasteiger partial charge < -0.3 is 19.9 Å². The second-order valence-electron chi connectivity index (χ2n) is 6.63. The summed E-state index contributed by atoms with van der Waals surface area (Å²) in [5, 5.41) is 3.20. The van der Waals surface area contributed by atoms with E-state index in [4.69, 9.17) is 4.74 Å². The number of urea groups is 1. The van der Waals surface area contributed by atoms with Crippen LogP contribution in [0.25, 0.3) is 0 Å². The van der Waals surface area contributed by atoms with Crippen LogP contribution in [0.1, 0.15) is 32.1 Å². The first-order valence-corrected chi connectivity index (χ1v) is 9.02. The van der Waals surface area contributed by atoms with E-state index in [-0.39, 0.29) is 18.2 Å². The molecule has 2 unspecified atom stereocenters. The zero-order valence-corrected chi connectivity index (χ0v) is 14.5. The van der Waals surface area contributed by atoms with Crippen LogP contribution in [0.5, 0.6) is 0 Å². The summed E-state index contributed by atoms with van der Waals surface area (Å²) >= 11 is 0. The van der Waals surface area contributed by atoms with Crippen molar-refractivity contribution in [3.05, 3.63) is 24.4 Å². The number of hydrogen-bond acceptors (Lipinski definition) is 4. The summed E-state index contributed by atoms with van der Waals surface area (Å²) in [5.74, 6) is 0.992. The van der Waals surface area contributed by atoms with Crippen molar-refractivity contribution in [1.29, 1.82) is 0 Å². The lowest BCUT2D eigenvalue weighted by Crippen LogP contribution is -2.51. The van der Waals surface area contributed by atoms with Gasteiger partial charge >= 0.3 is 6.03 Å². The number of nitrogens with zero attached hydrogens (tertiary/aromatic N) is 3. The van der Waals surface area contributed by atoms with Gasteiger partial charge in [-0.3, -0.25) is 0 Å². The Hall–Kier alpha value is -1.82. The molecule has 3 rings (SSSR count). The van der Waals surface area contributed by atoms with Crippen molar-refractivity contribution in [3.8, 4) is 0 Å².